The van der Waals surface area contributed by atoms with Crippen LogP contribution in [0.2, 0.25) is 0 Å². The largest absolute Gasteiger partial charge is 0.396 e. The minimum absolute atomic E-state index is 0.344. The molecular formula is C9H20O2. The molecule has 0 amide bonds. The van der Waals surface area contributed by atoms with E-state index in [4.69, 9.17) is 9.84 Å². The van der Waals surface area contributed by atoms with E-state index >= 15 is 0 Å². The number of aliphatic hydroxyl groups excluding tert-OH is 1. The van der Waals surface area contributed by atoms with Crippen molar-refractivity contribution in [3.05, 3.63) is 0 Å². The normalized spacial score (nSPS) is 16.9. The third kappa shape index (κ3) is 9.92. The first-order valence-electron chi connectivity index (χ1n) is 4.60. The number of ether oxygens (including phenoxy) is 1. The van der Waals surface area contributed by atoms with Gasteiger partial charge in [-0.15, -0.1) is 0 Å². The van der Waals surface area contributed by atoms with E-state index in [1.807, 2.05) is 0 Å². The topological polar surface area (TPSA) is 29.5 Å². The fourth-order valence-corrected chi connectivity index (χ4v) is 0.845. The van der Waals surface area contributed by atoms with Gasteiger partial charge >= 0.3 is 0 Å². The van der Waals surface area contributed by atoms with Crippen LogP contribution in [0.25, 0.3) is 0 Å². The molecule has 1 rings (SSSR count). The lowest BCUT2D eigenvalue weighted by atomic mass is 10.2. The van der Waals surface area contributed by atoms with Gasteiger partial charge < -0.3 is 9.84 Å². The highest BCUT2D eigenvalue weighted by atomic mass is 16.5. The Kier molecular flexibility index (Phi) is 9.85. The Bertz CT molecular complexity index is 47.1. The smallest absolute Gasteiger partial charge is 0.0466 e. The zero-order valence-corrected chi connectivity index (χ0v) is 7.51. The fraction of sp³-hybridized carbons (Fsp3) is 1.00. The molecule has 1 N–H and O–H groups in total. The van der Waals surface area contributed by atoms with E-state index in [1.54, 1.807) is 0 Å². The van der Waals surface area contributed by atoms with Gasteiger partial charge in [-0.2, -0.15) is 0 Å². The molecule has 1 aliphatic heterocycles. The maximum Gasteiger partial charge on any atom is 0.0466 e. The first-order chi connectivity index (χ1) is 5.41. The molecule has 0 saturated carbocycles. The average Bonchev–Trinajstić information content (AvgIpc) is 2.10. The van der Waals surface area contributed by atoms with E-state index in [1.165, 1.54) is 19.3 Å². The van der Waals surface area contributed by atoms with Crippen LogP contribution in [0.3, 0.4) is 0 Å². The highest BCUT2D eigenvalue weighted by molar-refractivity contribution is 4.45. The van der Waals surface area contributed by atoms with Crippen molar-refractivity contribution >= 4 is 0 Å². The molecule has 0 atom stereocenters. The van der Waals surface area contributed by atoms with Crippen molar-refractivity contribution in [2.75, 3.05) is 19.8 Å². The molecule has 0 aromatic heterocycles. The van der Waals surface area contributed by atoms with E-state index in [0.29, 0.717) is 6.61 Å². The van der Waals surface area contributed by atoms with Gasteiger partial charge in [0.2, 0.25) is 0 Å². The highest BCUT2D eigenvalue weighted by Crippen LogP contribution is 2.02. The third-order valence-corrected chi connectivity index (χ3v) is 1.59. The lowest BCUT2D eigenvalue weighted by Gasteiger charge is -2.08. The number of aliphatic hydroxyl groups is 1. The van der Waals surface area contributed by atoms with Crippen LogP contribution >= 0.6 is 0 Å². The third-order valence-electron chi connectivity index (χ3n) is 1.59. The lowest BCUT2D eigenvalue weighted by Crippen LogP contribution is -2.03. The predicted molar refractivity (Wildman–Crippen MR) is 46.7 cm³/mol. The van der Waals surface area contributed by atoms with Crippen LogP contribution in [0.15, 0.2) is 0 Å². The van der Waals surface area contributed by atoms with Gasteiger partial charge in [0.15, 0.2) is 0 Å². The number of rotatable bonds is 2. The second-order valence-electron chi connectivity index (χ2n) is 2.75. The molecule has 11 heavy (non-hydrogen) atoms. The van der Waals surface area contributed by atoms with Crippen LogP contribution in [0.4, 0.5) is 0 Å². The summed E-state index contributed by atoms with van der Waals surface area (Å²) in [6.07, 6.45) is 5.97. The number of hydrogen-bond donors (Lipinski definition) is 1. The monoisotopic (exact) mass is 160 g/mol. The molecule has 1 heterocycles. The van der Waals surface area contributed by atoms with Gasteiger partial charge in [-0.05, 0) is 25.7 Å². The summed E-state index contributed by atoms with van der Waals surface area (Å²) in [5.74, 6) is 0. The van der Waals surface area contributed by atoms with Crippen LogP contribution in [0.1, 0.15) is 39.0 Å². The summed E-state index contributed by atoms with van der Waals surface area (Å²) < 4.78 is 5.07. The van der Waals surface area contributed by atoms with Crippen LogP contribution in [0.5, 0.6) is 0 Å². The van der Waals surface area contributed by atoms with Crippen molar-refractivity contribution in [2.24, 2.45) is 0 Å². The van der Waals surface area contributed by atoms with Crippen molar-refractivity contribution in [1.29, 1.82) is 0 Å². The summed E-state index contributed by atoms with van der Waals surface area (Å²) in [5, 5.41) is 8.07. The molecule has 0 aromatic carbocycles. The second-order valence-corrected chi connectivity index (χ2v) is 2.75. The summed E-state index contributed by atoms with van der Waals surface area (Å²) in [5.41, 5.74) is 0. The SMILES string of the molecule is C1CCOCC1.CCCCO. The van der Waals surface area contributed by atoms with Crippen LogP contribution in [-0.4, -0.2) is 24.9 Å². The van der Waals surface area contributed by atoms with E-state index in [9.17, 15) is 0 Å². The zero-order valence-electron chi connectivity index (χ0n) is 7.51. The molecule has 0 aromatic rings. The second kappa shape index (κ2) is 9.92. The Labute approximate surface area is 69.6 Å². The summed E-state index contributed by atoms with van der Waals surface area (Å²) in [6, 6.07) is 0. The zero-order chi connectivity index (χ0) is 8.36. The standard InChI is InChI=1S/C5H10O.C4H10O/c1-2-4-6-5-3-1;1-2-3-4-5/h1-5H2;5H,2-4H2,1H3. The van der Waals surface area contributed by atoms with Crippen molar-refractivity contribution in [2.45, 2.75) is 39.0 Å². The molecule has 1 saturated heterocycles. The van der Waals surface area contributed by atoms with E-state index in [2.05, 4.69) is 6.92 Å². The fourth-order valence-electron chi connectivity index (χ4n) is 0.845. The molecule has 0 radical (unpaired) electrons. The van der Waals surface area contributed by atoms with Gasteiger partial charge in [0.05, 0.1) is 0 Å². The summed E-state index contributed by atoms with van der Waals surface area (Å²) in [6.45, 7) is 4.40. The Balaban J connectivity index is 0.000000187. The summed E-state index contributed by atoms with van der Waals surface area (Å²) in [7, 11) is 0. The molecule has 2 heteroatoms. The predicted octanol–water partition coefficient (Wildman–Crippen LogP) is 1.97. The van der Waals surface area contributed by atoms with Gasteiger partial charge in [0.25, 0.3) is 0 Å². The summed E-state index contributed by atoms with van der Waals surface area (Å²) in [4.78, 5) is 0. The minimum atomic E-state index is 0.344. The van der Waals surface area contributed by atoms with Gasteiger partial charge in [0.1, 0.15) is 0 Å². The Morgan fingerprint density at radius 3 is 1.91 bits per heavy atom. The Morgan fingerprint density at radius 2 is 1.82 bits per heavy atom. The van der Waals surface area contributed by atoms with Crippen molar-refractivity contribution < 1.29 is 9.84 Å². The molecular weight excluding hydrogens is 140 g/mol. The maximum atomic E-state index is 8.07. The molecule has 2 nitrogen and oxygen atoms in total. The van der Waals surface area contributed by atoms with Gasteiger partial charge in [-0.3, -0.25) is 0 Å². The molecule has 0 spiro atoms. The Hall–Kier alpha value is -0.0800. The minimum Gasteiger partial charge on any atom is -0.396 e. The maximum absolute atomic E-state index is 8.07. The van der Waals surface area contributed by atoms with E-state index in [0.717, 1.165) is 26.1 Å². The highest BCUT2D eigenvalue weighted by Gasteiger charge is 1.94. The first kappa shape index (κ1) is 10.9. The van der Waals surface area contributed by atoms with Crippen molar-refractivity contribution in [1.82, 2.24) is 0 Å². The van der Waals surface area contributed by atoms with Gasteiger partial charge in [0, 0.05) is 19.8 Å². The molecule has 0 aliphatic carbocycles. The van der Waals surface area contributed by atoms with Crippen molar-refractivity contribution in [3.63, 3.8) is 0 Å². The number of hydrogen-bond acceptors (Lipinski definition) is 2. The Morgan fingerprint density at radius 1 is 1.18 bits per heavy atom. The first-order valence-corrected chi connectivity index (χ1v) is 4.60. The average molecular weight is 160 g/mol. The van der Waals surface area contributed by atoms with E-state index < -0.39 is 0 Å². The molecule has 1 aliphatic rings. The lowest BCUT2D eigenvalue weighted by molar-refractivity contribution is 0.0968. The molecule has 0 unspecified atom stereocenters. The molecule has 1 fully saturated rings. The van der Waals surface area contributed by atoms with Gasteiger partial charge in [-0.25, -0.2) is 0 Å². The molecule has 68 valence electrons. The van der Waals surface area contributed by atoms with Crippen LogP contribution in [-0.2, 0) is 4.74 Å². The molecule has 0 bridgehead atoms. The van der Waals surface area contributed by atoms with Crippen LogP contribution < -0.4 is 0 Å². The van der Waals surface area contributed by atoms with E-state index in [-0.39, 0.29) is 0 Å². The van der Waals surface area contributed by atoms with Crippen LogP contribution in [0, 0.1) is 0 Å². The quantitative estimate of drug-likeness (QED) is 0.669. The van der Waals surface area contributed by atoms with Gasteiger partial charge in [-0.1, -0.05) is 13.3 Å². The number of unbranched alkanes of at least 4 members (excludes halogenated alkanes) is 1. The summed E-state index contributed by atoms with van der Waals surface area (Å²) >= 11 is 0. The van der Waals surface area contributed by atoms with Crippen molar-refractivity contribution in [3.8, 4) is 0 Å².